The molecule has 0 heterocycles. The number of halogens is 3. The van der Waals surface area contributed by atoms with E-state index in [-0.39, 0.29) is 9.75 Å². The average molecular weight is 388 g/mol. The predicted molar refractivity (Wildman–Crippen MR) is 65.5 cm³/mol. The SMILES string of the molecule is O=[N+]([O-])[C@@H](Br)[C@H](Br)c1ccc(Br)cc1. The van der Waals surface area contributed by atoms with Crippen molar-refractivity contribution in [1.29, 1.82) is 0 Å². The molecule has 14 heavy (non-hydrogen) atoms. The molecule has 0 saturated carbocycles. The molecule has 0 saturated heterocycles. The van der Waals surface area contributed by atoms with Gasteiger partial charge in [0.2, 0.25) is 0 Å². The number of nitro groups is 1. The van der Waals surface area contributed by atoms with E-state index in [9.17, 15) is 10.1 Å². The number of hydrogen-bond donors (Lipinski definition) is 0. The van der Waals surface area contributed by atoms with Crippen LogP contribution in [0.25, 0.3) is 0 Å². The van der Waals surface area contributed by atoms with Gasteiger partial charge in [-0.3, -0.25) is 10.1 Å². The molecule has 1 rings (SSSR count). The molecule has 0 fully saturated rings. The van der Waals surface area contributed by atoms with E-state index < -0.39 is 4.95 Å². The van der Waals surface area contributed by atoms with Crippen molar-refractivity contribution in [3.05, 3.63) is 44.4 Å². The zero-order valence-corrected chi connectivity index (χ0v) is 11.6. The lowest BCUT2D eigenvalue weighted by atomic mass is 10.1. The third-order valence-corrected chi connectivity index (χ3v) is 4.76. The van der Waals surface area contributed by atoms with E-state index in [0.717, 1.165) is 10.0 Å². The van der Waals surface area contributed by atoms with Crippen LogP contribution in [0.1, 0.15) is 10.4 Å². The maximum absolute atomic E-state index is 10.5. The van der Waals surface area contributed by atoms with Gasteiger partial charge in [-0.05, 0) is 33.6 Å². The highest BCUT2D eigenvalue weighted by Crippen LogP contribution is 2.31. The van der Waals surface area contributed by atoms with Crippen molar-refractivity contribution in [2.24, 2.45) is 0 Å². The smallest absolute Gasteiger partial charge is 0.263 e. The van der Waals surface area contributed by atoms with Crippen LogP contribution in [-0.4, -0.2) is 9.87 Å². The molecule has 0 aliphatic heterocycles. The maximum Gasteiger partial charge on any atom is 0.282 e. The Morgan fingerprint density at radius 3 is 2.14 bits per heavy atom. The molecular formula is C8H6Br3NO2. The highest BCUT2D eigenvalue weighted by atomic mass is 79.9. The van der Waals surface area contributed by atoms with Gasteiger partial charge >= 0.3 is 0 Å². The second-order valence-corrected chi connectivity index (χ2v) is 5.45. The average Bonchev–Trinajstić information content (AvgIpc) is 2.16. The summed E-state index contributed by atoms with van der Waals surface area (Å²) in [5.74, 6) is 0. The topological polar surface area (TPSA) is 43.1 Å². The molecule has 2 atom stereocenters. The van der Waals surface area contributed by atoms with Crippen molar-refractivity contribution in [3.8, 4) is 0 Å². The third kappa shape index (κ3) is 3.03. The van der Waals surface area contributed by atoms with E-state index in [1.807, 2.05) is 24.3 Å². The summed E-state index contributed by atoms with van der Waals surface area (Å²) in [5, 5.41) is 10.5. The standard InChI is InChI=1S/C8H6Br3NO2/c9-6-3-1-5(2-4-6)7(10)8(11)12(13)14/h1-4,7-8H/t7-,8-/m1/s1. The van der Waals surface area contributed by atoms with Gasteiger partial charge in [-0.15, -0.1) is 0 Å². The van der Waals surface area contributed by atoms with Crippen LogP contribution in [0.5, 0.6) is 0 Å². The van der Waals surface area contributed by atoms with Crippen molar-refractivity contribution in [2.45, 2.75) is 9.78 Å². The molecule has 0 bridgehead atoms. The molecule has 0 aliphatic rings. The minimum Gasteiger partial charge on any atom is -0.263 e. The van der Waals surface area contributed by atoms with Crippen molar-refractivity contribution >= 4 is 47.8 Å². The first-order valence-corrected chi connectivity index (χ1v) is 6.32. The predicted octanol–water partition coefficient (Wildman–Crippen LogP) is 3.88. The molecule has 0 N–H and O–H groups in total. The largest absolute Gasteiger partial charge is 0.282 e. The molecule has 0 unspecified atom stereocenters. The van der Waals surface area contributed by atoms with Crippen LogP contribution in [0.4, 0.5) is 0 Å². The Hall–Kier alpha value is 0.0600. The molecule has 3 nitrogen and oxygen atoms in total. The third-order valence-electron chi connectivity index (χ3n) is 1.63. The highest BCUT2D eigenvalue weighted by Gasteiger charge is 2.27. The molecule has 0 amide bonds. The molecule has 6 heteroatoms. The van der Waals surface area contributed by atoms with Crippen LogP contribution >= 0.6 is 47.8 Å². The number of benzene rings is 1. The molecule has 1 aromatic carbocycles. The fourth-order valence-electron chi connectivity index (χ4n) is 0.912. The summed E-state index contributed by atoms with van der Waals surface area (Å²) < 4.78 is 0.952. The minimum absolute atomic E-state index is 0.328. The van der Waals surface area contributed by atoms with Crippen molar-refractivity contribution in [1.82, 2.24) is 0 Å². The van der Waals surface area contributed by atoms with Crippen LogP contribution in [0.3, 0.4) is 0 Å². The number of rotatable bonds is 3. The molecule has 0 spiro atoms. The van der Waals surface area contributed by atoms with Crippen molar-refractivity contribution < 1.29 is 4.92 Å². The van der Waals surface area contributed by atoms with E-state index >= 15 is 0 Å². The van der Waals surface area contributed by atoms with E-state index in [0.29, 0.717) is 0 Å². The molecule has 76 valence electrons. The Morgan fingerprint density at radius 2 is 1.71 bits per heavy atom. The summed E-state index contributed by atoms with van der Waals surface area (Å²) in [4.78, 5) is 8.98. The first-order chi connectivity index (χ1) is 6.52. The van der Waals surface area contributed by atoms with Crippen molar-refractivity contribution in [3.63, 3.8) is 0 Å². The molecule has 1 aromatic rings. The first kappa shape index (κ1) is 12.1. The summed E-state index contributed by atoms with van der Waals surface area (Å²) in [5.41, 5.74) is 0.867. The summed E-state index contributed by atoms with van der Waals surface area (Å²) in [6.07, 6.45) is 0. The summed E-state index contributed by atoms with van der Waals surface area (Å²) in [7, 11) is 0. The van der Waals surface area contributed by atoms with E-state index in [1.54, 1.807) is 0 Å². The van der Waals surface area contributed by atoms with Crippen LogP contribution in [0, 0.1) is 10.1 Å². The maximum atomic E-state index is 10.5. The Balaban J connectivity index is 2.84. The molecular weight excluding hydrogens is 382 g/mol. The minimum atomic E-state index is -0.816. The quantitative estimate of drug-likeness (QED) is 0.342. The Morgan fingerprint density at radius 1 is 1.21 bits per heavy atom. The van der Waals surface area contributed by atoms with E-state index in [4.69, 9.17) is 0 Å². The van der Waals surface area contributed by atoms with Gasteiger partial charge < -0.3 is 0 Å². The van der Waals surface area contributed by atoms with Gasteiger partial charge in [0.25, 0.3) is 4.95 Å². The lowest BCUT2D eigenvalue weighted by Gasteiger charge is -2.10. The van der Waals surface area contributed by atoms with Gasteiger partial charge in [0.15, 0.2) is 0 Å². The first-order valence-electron chi connectivity index (χ1n) is 3.69. The van der Waals surface area contributed by atoms with Gasteiger partial charge in [-0.2, -0.15) is 0 Å². The molecule has 0 aliphatic carbocycles. The summed E-state index contributed by atoms with van der Waals surface area (Å²) >= 11 is 9.58. The Bertz CT molecular complexity index is 328. The van der Waals surface area contributed by atoms with Crippen LogP contribution in [0.15, 0.2) is 28.7 Å². The zero-order valence-electron chi connectivity index (χ0n) is 6.86. The monoisotopic (exact) mass is 385 g/mol. The number of nitrogens with zero attached hydrogens (tertiary/aromatic N) is 1. The normalized spacial score (nSPS) is 14.8. The summed E-state index contributed by atoms with van der Waals surface area (Å²) in [6.45, 7) is 0. The summed E-state index contributed by atoms with van der Waals surface area (Å²) in [6, 6.07) is 7.37. The Kier molecular flexibility index (Phi) is 4.53. The van der Waals surface area contributed by atoms with Gasteiger partial charge in [-0.25, -0.2) is 0 Å². The lowest BCUT2D eigenvalue weighted by molar-refractivity contribution is -0.492. The second kappa shape index (κ2) is 5.23. The fraction of sp³-hybridized carbons (Fsp3) is 0.250. The molecule has 0 aromatic heterocycles. The van der Waals surface area contributed by atoms with Crippen LogP contribution < -0.4 is 0 Å². The number of alkyl halides is 2. The van der Waals surface area contributed by atoms with Gasteiger partial charge in [-0.1, -0.05) is 44.0 Å². The van der Waals surface area contributed by atoms with Crippen molar-refractivity contribution in [2.75, 3.05) is 0 Å². The molecule has 0 radical (unpaired) electrons. The van der Waals surface area contributed by atoms with E-state index in [1.165, 1.54) is 0 Å². The van der Waals surface area contributed by atoms with Gasteiger partial charge in [0, 0.05) is 9.40 Å². The highest BCUT2D eigenvalue weighted by molar-refractivity contribution is 9.12. The second-order valence-electron chi connectivity index (χ2n) is 2.61. The van der Waals surface area contributed by atoms with Crippen LogP contribution in [0.2, 0.25) is 0 Å². The number of hydrogen-bond acceptors (Lipinski definition) is 2. The van der Waals surface area contributed by atoms with E-state index in [2.05, 4.69) is 47.8 Å². The van der Waals surface area contributed by atoms with Gasteiger partial charge in [0.05, 0.1) is 0 Å². The lowest BCUT2D eigenvalue weighted by Crippen LogP contribution is -2.16. The fourth-order valence-corrected chi connectivity index (χ4v) is 1.98. The van der Waals surface area contributed by atoms with Gasteiger partial charge in [0.1, 0.15) is 4.83 Å². The zero-order chi connectivity index (χ0) is 10.7. The Labute approximate surface area is 106 Å². The van der Waals surface area contributed by atoms with Crippen LogP contribution in [-0.2, 0) is 0 Å².